The van der Waals surface area contributed by atoms with Gasteiger partial charge in [-0.3, -0.25) is 4.79 Å². The van der Waals surface area contributed by atoms with Gasteiger partial charge >= 0.3 is 0 Å². The summed E-state index contributed by atoms with van der Waals surface area (Å²) < 4.78 is 5.53. The molecule has 0 aliphatic rings. The van der Waals surface area contributed by atoms with Crippen molar-refractivity contribution in [1.29, 1.82) is 0 Å². The van der Waals surface area contributed by atoms with Crippen LogP contribution in [0, 0.1) is 0 Å². The molecule has 0 atom stereocenters. The quantitative estimate of drug-likeness (QED) is 0.407. The number of carbonyl (C=O) groups is 1. The summed E-state index contributed by atoms with van der Waals surface area (Å²) in [6.07, 6.45) is 1.65. The van der Waals surface area contributed by atoms with Gasteiger partial charge in [-0.05, 0) is 34.7 Å². The van der Waals surface area contributed by atoms with Gasteiger partial charge in [0.1, 0.15) is 5.76 Å². The van der Waals surface area contributed by atoms with Crippen LogP contribution in [0.3, 0.4) is 0 Å². The molecule has 0 saturated carbocycles. The molecule has 2 aromatic carbocycles. The van der Waals surface area contributed by atoms with Crippen molar-refractivity contribution >= 4 is 17.2 Å². The molecule has 1 amide bonds. The van der Waals surface area contributed by atoms with Crippen LogP contribution in [0.15, 0.2) is 101 Å². The number of furan rings is 1. The van der Waals surface area contributed by atoms with Gasteiger partial charge in [-0.15, -0.1) is 11.3 Å². The Kier molecular flexibility index (Phi) is 5.69. The highest BCUT2D eigenvalue weighted by Gasteiger charge is 2.28. The molecule has 3 nitrogen and oxygen atoms in total. The standard InChI is InChI=1S/C24H21NO2S/c26-24(23(19-9-3-1-4-10-19)20-11-5-2-6-12-20)25(17-21-13-7-15-27-21)18-22-14-8-16-28-22/h1-16,23H,17-18H2. The van der Waals surface area contributed by atoms with Crippen molar-refractivity contribution in [1.82, 2.24) is 4.90 Å². The Balaban J connectivity index is 1.70. The molecule has 4 heteroatoms. The number of amides is 1. The number of rotatable bonds is 7. The lowest BCUT2D eigenvalue weighted by Crippen LogP contribution is -2.34. The van der Waals surface area contributed by atoms with E-state index >= 15 is 0 Å². The maximum absolute atomic E-state index is 13.8. The van der Waals surface area contributed by atoms with Crippen LogP contribution in [0.5, 0.6) is 0 Å². The maximum Gasteiger partial charge on any atom is 0.235 e. The van der Waals surface area contributed by atoms with Crippen LogP contribution in [0.2, 0.25) is 0 Å². The van der Waals surface area contributed by atoms with E-state index in [1.807, 2.05) is 89.1 Å². The third-order valence-electron chi connectivity index (χ3n) is 4.68. The van der Waals surface area contributed by atoms with Crippen LogP contribution < -0.4 is 0 Å². The minimum atomic E-state index is -0.350. The van der Waals surface area contributed by atoms with E-state index in [1.165, 1.54) is 0 Å². The molecule has 0 N–H and O–H groups in total. The van der Waals surface area contributed by atoms with Gasteiger partial charge < -0.3 is 9.32 Å². The lowest BCUT2D eigenvalue weighted by molar-refractivity contribution is -0.133. The van der Waals surface area contributed by atoms with Crippen molar-refractivity contribution in [2.24, 2.45) is 0 Å². The van der Waals surface area contributed by atoms with Gasteiger partial charge in [-0.25, -0.2) is 0 Å². The van der Waals surface area contributed by atoms with Crippen LogP contribution in [0.4, 0.5) is 0 Å². The molecule has 2 aromatic heterocycles. The van der Waals surface area contributed by atoms with Gasteiger partial charge in [0.05, 0.1) is 25.3 Å². The normalized spacial score (nSPS) is 10.9. The Morgan fingerprint density at radius 3 is 2.04 bits per heavy atom. The molecule has 0 spiro atoms. The lowest BCUT2D eigenvalue weighted by atomic mass is 9.90. The third kappa shape index (κ3) is 4.24. The lowest BCUT2D eigenvalue weighted by Gasteiger charge is -2.27. The SMILES string of the molecule is O=C(C(c1ccccc1)c1ccccc1)N(Cc1ccco1)Cc1cccs1. The van der Waals surface area contributed by atoms with Gasteiger partial charge in [0.15, 0.2) is 0 Å². The highest BCUT2D eigenvalue weighted by molar-refractivity contribution is 7.09. The molecule has 0 unspecified atom stereocenters. The first-order valence-electron chi connectivity index (χ1n) is 9.25. The average Bonchev–Trinajstić information content (AvgIpc) is 3.44. The van der Waals surface area contributed by atoms with Crippen molar-refractivity contribution in [3.05, 3.63) is 118 Å². The molecule has 0 saturated heterocycles. The Morgan fingerprint density at radius 2 is 1.50 bits per heavy atom. The number of benzene rings is 2. The topological polar surface area (TPSA) is 33.5 Å². The first-order chi connectivity index (χ1) is 13.8. The second-order valence-electron chi connectivity index (χ2n) is 6.61. The van der Waals surface area contributed by atoms with Crippen LogP contribution >= 0.6 is 11.3 Å². The zero-order valence-corrected chi connectivity index (χ0v) is 16.2. The number of thiophene rings is 1. The molecule has 28 heavy (non-hydrogen) atoms. The Labute approximate surface area is 168 Å². The van der Waals surface area contributed by atoms with Crippen molar-refractivity contribution in [2.45, 2.75) is 19.0 Å². The predicted octanol–water partition coefficient (Wildman–Crippen LogP) is 5.70. The van der Waals surface area contributed by atoms with Gasteiger partial charge in [0, 0.05) is 4.88 Å². The highest BCUT2D eigenvalue weighted by Crippen LogP contribution is 2.29. The summed E-state index contributed by atoms with van der Waals surface area (Å²) in [4.78, 5) is 16.8. The summed E-state index contributed by atoms with van der Waals surface area (Å²) in [5.41, 5.74) is 1.99. The number of nitrogens with zero attached hydrogens (tertiary/aromatic N) is 1. The van der Waals surface area contributed by atoms with Gasteiger partial charge in [0.25, 0.3) is 0 Å². The van der Waals surface area contributed by atoms with E-state index in [0.29, 0.717) is 13.1 Å². The summed E-state index contributed by atoms with van der Waals surface area (Å²) >= 11 is 1.66. The molecule has 0 radical (unpaired) electrons. The molecular weight excluding hydrogens is 366 g/mol. The molecule has 0 aliphatic carbocycles. The van der Waals surface area contributed by atoms with E-state index in [1.54, 1.807) is 17.6 Å². The van der Waals surface area contributed by atoms with E-state index in [-0.39, 0.29) is 11.8 Å². The largest absolute Gasteiger partial charge is 0.467 e. The minimum Gasteiger partial charge on any atom is -0.467 e. The van der Waals surface area contributed by atoms with Crippen LogP contribution in [0.1, 0.15) is 27.7 Å². The minimum absolute atomic E-state index is 0.0715. The average molecular weight is 388 g/mol. The van der Waals surface area contributed by atoms with Crippen LogP contribution in [-0.2, 0) is 17.9 Å². The van der Waals surface area contributed by atoms with E-state index < -0.39 is 0 Å². The summed E-state index contributed by atoms with van der Waals surface area (Å²) in [6, 6.07) is 27.8. The van der Waals surface area contributed by atoms with Crippen molar-refractivity contribution in [3.8, 4) is 0 Å². The molecule has 4 aromatic rings. The number of hydrogen-bond donors (Lipinski definition) is 0. The Bertz CT molecular complexity index is 904. The van der Waals surface area contributed by atoms with Crippen LogP contribution in [-0.4, -0.2) is 10.8 Å². The predicted molar refractivity (Wildman–Crippen MR) is 112 cm³/mol. The summed E-state index contributed by atoms with van der Waals surface area (Å²) in [5, 5.41) is 2.04. The fourth-order valence-corrected chi connectivity index (χ4v) is 4.06. The molecule has 0 bridgehead atoms. The Hall–Kier alpha value is -3.11. The monoisotopic (exact) mass is 387 g/mol. The van der Waals surface area contributed by atoms with Crippen molar-refractivity contribution < 1.29 is 9.21 Å². The Morgan fingerprint density at radius 1 is 0.821 bits per heavy atom. The van der Waals surface area contributed by atoms with Crippen molar-refractivity contribution in [3.63, 3.8) is 0 Å². The zero-order chi connectivity index (χ0) is 19.2. The van der Waals surface area contributed by atoms with Gasteiger partial charge in [-0.1, -0.05) is 66.7 Å². The molecule has 2 heterocycles. The van der Waals surface area contributed by atoms with E-state index in [0.717, 1.165) is 21.8 Å². The van der Waals surface area contributed by atoms with E-state index in [4.69, 9.17) is 4.42 Å². The number of hydrogen-bond acceptors (Lipinski definition) is 3. The second kappa shape index (κ2) is 8.72. The van der Waals surface area contributed by atoms with E-state index in [9.17, 15) is 4.79 Å². The van der Waals surface area contributed by atoms with Crippen LogP contribution in [0.25, 0.3) is 0 Å². The van der Waals surface area contributed by atoms with Gasteiger partial charge in [0.2, 0.25) is 5.91 Å². The summed E-state index contributed by atoms with van der Waals surface area (Å²) in [6.45, 7) is 1.01. The highest BCUT2D eigenvalue weighted by atomic mass is 32.1. The molecule has 0 fully saturated rings. The van der Waals surface area contributed by atoms with Crippen molar-refractivity contribution in [2.75, 3.05) is 0 Å². The van der Waals surface area contributed by atoms with Gasteiger partial charge in [-0.2, -0.15) is 0 Å². The first kappa shape index (κ1) is 18.3. The second-order valence-corrected chi connectivity index (χ2v) is 7.64. The third-order valence-corrected chi connectivity index (χ3v) is 5.54. The molecule has 4 rings (SSSR count). The van der Waals surface area contributed by atoms with E-state index in [2.05, 4.69) is 6.07 Å². The first-order valence-corrected chi connectivity index (χ1v) is 10.1. The maximum atomic E-state index is 13.8. The zero-order valence-electron chi connectivity index (χ0n) is 15.4. The fraction of sp³-hybridized carbons (Fsp3) is 0.125. The smallest absolute Gasteiger partial charge is 0.235 e. The summed E-state index contributed by atoms with van der Waals surface area (Å²) in [7, 11) is 0. The fourth-order valence-electron chi connectivity index (χ4n) is 3.34. The molecule has 0 aliphatic heterocycles. The molecule has 140 valence electrons. The molecular formula is C24H21NO2S. The number of carbonyl (C=O) groups excluding carboxylic acids is 1. The summed E-state index contributed by atoms with van der Waals surface area (Å²) in [5.74, 6) is 0.504.